The van der Waals surface area contributed by atoms with Gasteiger partial charge in [-0.2, -0.15) is 0 Å². The van der Waals surface area contributed by atoms with Crippen molar-refractivity contribution in [2.75, 3.05) is 0 Å². The first-order chi connectivity index (χ1) is 4.52. The number of hydrogen-bond donors (Lipinski definition) is 3. The molecule has 0 aromatic carbocycles. The molecule has 0 aliphatic heterocycles. The molecule has 0 saturated carbocycles. The molecule has 0 spiro atoms. The number of nitrogens with two attached hydrogens (primary N) is 1. The Labute approximate surface area is 56.0 Å². The van der Waals surface area contributed by atoms with Gasteiger partial charge in [0.25, 0.3) is 0 Å². The van der Waals surface area contributed by atoms with Crippen LogP contribution in [-0.2, 0) is 4.79 Å². The minimum atomic E-state index is -1.91. The zero-order valence-corrected chi connectivity index (χ0v) is 5.00. The predicted octanol–water partition coefficient (Wildman–Crippen LogP) is -0.575. The van der Waals surface area contributed by atoms with Crippen molar-refractivity contribution in [1.29, 1.82) is 0 Å². The van der Waals surface area contributed by atoms with Crippen LogP contribution in [0.25, 0.3) is 0 Å². The number of carbonyl (C=O) groups excluding carboxylic acids is 1. The van der Waals surface area contributed by atoms with Gasteiger partial charge in [-0.3, -0.25) is 4.79 Å². The van der Waals surface area contributed by atoms with E-state index in [-0.39, 0.29) is 0 Å². The molecule has 1 atom stereocenters. The largest absolute Gasteiger partial charge is 0.481 e. The monoisotopic (exact) mass is 150 g/mol. The van der Waals surface area contributed by atoms with Crippen LogP contribution in [0, 0.1) is 0 Å². The van der Waals surface area contributed by atoms with E-state index in [1.165, 1.54) is 0 Å². The lowest BCUT2D eigenvalue weighted by molar-refractivity contribution is -0.138. The van der Waals surface area contributed by atoms with Crippen molar-refractivity contribution in [3.8, 4) is 0 Å². The van der Waals surface area contributed by atoms with Gasteiger partial charge < -0.3 is 16.2 Å². The summed E-state index contributed by atoms with van der Waals surface area (Å²) in [5, 5.41) is 9.53. The topological polar surface area (TPSA) is 92.4 Å². The molecule has 0 rings (SSSR count). The third-order valence-electron chi connectivity index (χ3n) is 0.653. The van der Waals surface area contributed by atoms with Gasteiger partial charge in [0.1, 0.15) is 0 Å². The first-order valence-corrected chi connectivity index (χ1v) is 2.44. The van der Waals surface area contributed by atoms with Crippen LogP contribution >= 0.6 is 0 Å². The Kier molecular flexibility index (Phi) is 3.16. The summed E-state index contributed by atoms with van der Waals surface area (Å²) in [5.41, 5.74) is 4.49. The Morgan fingerprint density at radius 1 is 1.70 bits per heavy atom. The maximum Gasteiger partial charge on any atom is 0.314 e. The van der Waals surface area contributed by atoms with Crippen molar-refractivity contribution >= 4 is 12.0 Å². The van der Waals surface area contributed by atoms with Crippen LogP contribution in [0.2, 0.25) is 0 Å². The maximum absolute atomic E-state index is 12.1. The summed E-state index contributed by atoms with van der Waals surface area (Å²) >= 11 is 0. The first-order valence-electron chi connectivity index (χ1n) is 2.44. The maximum atomic E-state index is 12.1. The molecule has 0 radical (unpaired) electrons. The van der Waals surface area contributed by atoms with E-state index in [1.807, 2.05) is 0 Å². The third kappa shape index (κ3) is 4.82. The Morgan fingerprint density at radius 3 is 2.50 bits per heavy atom. The third-order valence-corrected chi connectivity index (χ3v) is 0.653. The van der Waals surface area contributed by atoms with E-state index in [0.717, 1.165) is 0 Å². The lowest BCUT2D eigenvalue weighted by Gasteiger charge is -2.03. The lowest BCUT2D eigenvalue weighted by atomic mass is 10.4. The Morgan fingerprint density at radius 2 is 2.20 bits per heavy atom. The number of halogens is 1. The van der Waals surface area contributed by atoms with Crippen LogP contribution in [-0.4, -0.2) is 23.4 Å². The molecule has 58 valence electrons. The lowest BCUT2D eigenvalue weighted by Crippen LogP contribution is -2.37. The zero-order chi connectivity index (χ0) is 8.15. The van der Waals surface area contributed by atoms with Crippen molar-refractivity contribution in [2.45, 2.75) is 12.7 Å². The Hall–Kier alpha value is -1.33. The molecule has 4 N–H and O–H groups in total. The number of hydrogen-bond acceptors (Lipinski definition) is 2. The molecule has 2 amide bonds. The van der Waals surface area contributed by atoms with Crippen molar-refractivity contribution in [3.05, 3.63) is 0 Å². The second kappa shape index (κ2) is 3.65. The van der Waals surface area contributed by atoms with E-state index in [2.05, 4.69) is 5.73 Å². The van der Waals surface area contributed by atoms with E-state index in [4.69, 9.17) is 5.11 Å². The van der Waals surface area contributed by atoms with E-state index in [0.29, 0.717) is 0 Å². The zero-order valence-electron chi connectivity index (χ0n) is 5.00. The fourth-order valence-corrected chi connectivity index (χ4v) is 0.359. The number of primary amides is 1. The molecule has 0 heterocycles. The van der Waals surface area contributed by atoms with Gasteiger partial charge in [0, 0.05) is 0 Å². The number of aliphatic carboxylic acids is 1. The number of carboxylic acids is 1. The fourth-order valence-electron chi connectivity index (χ4n) is 0.359. The molecule has 0 aliphatic carbocycles. The molecule has 0 aliphatic rings. The van der Waals surface area contributed by atoms with Crippen molar-refractivity contribution in [2.24, 2.45) is 5.73 Å². The van der Waals surface area contributed by atoms with Gasteiger partial charge in [-0.15, -0.1) is 0 Å². The number of urea groups is 1. The summed E-state index contributed by atoms with van der Waals surface area (Å²) in [5.74, 6) is -1.33. The minimum Gasteiger partial charge on any atom is -0.481 e. The SMILES string of the molecule is NC(=O)NC(F)CC(=O)O. The smallest absolute Gasteiger partial charge is 0.314 e. The molecule has 0 aromatic heterocycles. The van der Waals surface area contributed by atoms with Gasteiger partial charge in [-0.05, 0) is 0 Å². The van der Waals surface area contributed by atoms with Crippen LogP contribution in [0.1, 0.15) is 6.42 Å². The summed E-state index contributed by atoms with van der Waals surface area (Å²) in [7, 11) is 0. The molecule has 0 bridgehead atoms. The molecule has 10 heavy (non-hydrogen) atoms. The van der Waals surface area contributed by atoms with Gasteiger partial charge in [0.05, 0.1) is 6.42 Å². The van der Waals surface area contributed by atoms with Crippen LogP contribution in [0.5, 0.6) is 0 Å². The van der Waals surface area contributed by atoms with Gasteiger partial charge in [0.15, 0.2) is 6.30 Å². The van der Waals surface area contributed by atoms with E-state index in [9.17, 15) is 14.0 Å². The highest BCUT2D eigenvalue weighted by atomic mass is 19.1. The average molecular weight is 150 g/mol. The van der Waals surface area contributed by atoms with Crippen LogP contribution < -0.4 is 11.1 Å². The highest BCUT2D eigenvalue weighted by Gasteiger charge is 2.11. The number of rotatable bonds is 3. The van der Waals surface area contributed by atoms with Gasteiger partial charge >= 0.3 is 12.0 Å². The number of nitrogens with one attached hydrogen (secondary N) is 1. The van der Waals surface area contributed by atoms with Gasteiger partial charge in [-0.1, -0.05) is 0 Å². The van der Waals surface area contributed by atoms with Crippen LogP contribution in [0.4, 0.5) is 9.18 Å². The normalized spacial score (nSPS) is 12.1. The summed E-state index contributed by atoms with van der Waals surface area (Å²) in [6, 6.07) is -1.08. The average Bonchev–Trinajstić information content (AvgIpc) is 1.58. The molecule has 0 aromatic rings. The summed E-state index contributed by atoms with van der Waals surface area (Å²) in [6.07, 6.45) is -2.68. The van der Waals surface area contributed by atoms with Crippen LogP contribution in [0.3, 0.4) is 0 Å². The summed E-state index contributed by atoms with van der Waals surface area (Å²) < 4.78 is 12.1. The van der Waals surface area contributed by atoms with Crippen molar-refractivity contribution in [1.82, 2.24) is 5.32 Å². The second-order valence-corrected chi connectivity index (χ2v) is 1.57. The Bertz CT molecular complexity index is 133. The quantitative estimate of drug-likeness (QED) is 0.470. The van der Waals surface area contributed by atoms with E-state index >= 15 is 0 Å². The van der Waals surface area contributed by atoms with Crippen molar-refractivity contribution in [3.63, 3.8) is 0 Å². The molecular formula is C4H7FN2O3. The summed E-state index contributed by atoms with van der Waals surface area (Å²) in [4.78, 5) is 19.6. The molecule has 0 fully saturated rings. The second-order valence-electron chi connectivity index (χ2n) is 1.57. The molecule has 1 unspecified atom stereocenters. The number of amides is 2. The molecule has 6 heteroatoms. The van der Waals surface area contributed by atoms with Gasteiger partial charge in [-0.25, -0.2) is 9.18 Å². The highest BCUT2D eigenvalue weighted by molar-refractivity contribution is 5.73. The highest BCUT2D eigenvalue weighted by Crippen LogP contribution is 1.91. The van der Waals surface area contributed by atoms with Crippen LogP contribution in [0.15, 0.2) is 0 Å². The van der Waals surface area contributed by atoms with Gasteiger partial charge in [0.2, 0.25) is 0 Å². The van der Waals surface area contributed by atoms with E-state index < -0.39 is 24.7 Å². The fraction of sp³-hybridized carbons (Fsp3) is 0.500. The molecule has 0 saturated heterocycles. The van der Waals surface area contributed by atoms with E-state index in [1.54, 1.807) is 5.32 Å². The van der Waals surface area contributed by atoms with Crippen molar-refractivity contribution < 1.29 is 19.1 Å². The number of carbonyl (C=O) groups is 2. The summed E-state index contributed by atoms with van der Waals surface area (Å²) in [6.45, 7) is 0. The number of alkyl halides is 1. The number of carboxylic acid groups (broad SMARTS) is 1. The molecule has 5 nitrogen and oxygen atoms in total. The standard InChI is InChI=1S/C4H7FN2O3/c5-2(1-3(8)9)7-4(6)10/h2H,1H2,(H,8,9)(H3,6,7,10). The minimum absolute atomic E-state index is 0.775. The predicted molar refractivity (Wildman–Crippen MR) is 29.9 cm³/mol. The Balaban J connectivity index is 3.53. The molecular weight excluding hydrogens is 143 g/mol. The first kappa shape index (κ1) is 8.67.